The number of carbonyl (C=O) groups excluding carboxylic acids is 2. The van der Waals surface area contributed by atoms with Crippen LogP contribution in [0.1, 0.15) is 21.5 Å². The summed E-state index contributed by atoms with van der Waals surface area (Å²) in [6.07, 6.45) is 1.48. The highest BCUT2D eigenvalue weighted by Gasteiger charge is 2.14. The molecule has 5 rings (SSSR count). The van der Waals surface area contributed by atoms with Crippen molar-refractivity contribution in [3.63, 3.8) is 0 Å². The highest BCUT2D eigenvalue weighted by atomic mass is 16.5. The van der Waals surface area contributed by atoms with Gasteiger partial charge >= 0.3 is 5.97 Å². The van der Waals surface area contributed by atoms with Crippen molar-refractivity contribution in [2.75, 3.05) is 6.61 Å². The summed E-state index contributed by atoms with van der Waals surface area (Å²) in [4.78, 5) is 25.2. The molecule has 0 saturated heterocycles. The molecule has 0 saturated carbocycles. The summed E-state index contributed by atoms with van der Waals surface area (Å²) in [5.74, 6) is 0.0794. The summed E-state index contributed by atoms with van der Waals surface area (Å²) in [7, 11) is 0. The van der Waals surface area contributed by atoms with Crippen molar-refractivity contribution in [1.29, 1.82) is 0 Å². The van der Waals surface area contributed by atoms with Crippen LogP contribution in [-0.4, -0.2) is 24.7 Å². The standard InChI is InChI=1S/C31H24N2O4/c1-21-8-6-12-24(18-21)31(35)37-29-17-16-23-10-2-4-13-25(23)27(29)19-32-33-30(34)20-36-28-15-7-11-22-9-3-5-14-26(22)28/h2-19H,20H2,1H3,(H,33,34)/b32-19-. The predicted octanol–water partition coefficient (Wildman–Crippen LogP) is 6.05. The Morgan fingerprint density at radius 1 is 0.784 bits per heavy atom. The fraction of sp³-hybridized carbons (Fsp3) is 0.0645. The van der Waals surface area contributed by atoms with Crippen molar-refractivity contribution in [3.8, 4) is 11.5 Å². The molecular formula is C31H24N2O4. The van der Waals surface area contributed by atoms with Crippen molar-refractivity contribution in [3.05, 3.63) is 120 Å². The second-order valence-corrected chi connectivity index (χ2v) is 8.52. The van der Waals surface area contributed by atoms with Crippen molar-refractivity contribution in [2.45, 2.75) is 6.92 Å². The molecule has 37 heavy (non-hydrogen) atoms. The second kappa shape index (κ2) is 10.7. The fourth-order valence-corrected chi connectivity index (χ4v) is 4.09. The molecule has 6 nitrogen and oxygen atoms in total. The van der Waals surface area contributed by atoms with Gasteiger partial charge < -0.3 is 9.47 Å². The van der Waals surface area contributed by atoms with Crippen LogP contribution >= 0.6 is 0 Å². The molecule has 5 aromatic carbocycles. The van der Waals surface area contributed by atoms with Crippen LogP contribution in [0.4, 0.5) is 0 Å². The van der Waals surface area contributed by atoms with Crippen LogP contribution < -0.4 is 14.9 Å². The average molecular weight is 489 g/mol. The smallest absolute Gasteiger partial charge is 0.343 e. The summed E-state index contributed by atoms with van der Waals surface area (Å²) in [6, 6.07) is 32.0. The first kappa shape index (κ1) is 23.8. The molecule has 5 aromatic rings. The summed E-state index contributed by atoms with van der Waals surface area (Å²) in [5.41, 5.74) is 4.49. The van der Waals surface area contributed by atoms with E-state index in [4.69, 9.17) is 9.47 Å². The lowest BCUT2D eigenvalue weighted by molar-refractivity contribution is -0.123. The molecule has 182 valence electrons. The number of rotatable bonds is 7. The molecule has 0 spiro atoms. The molecule has 0 radical (unpaired) electrons. The quantitative estimate of drug-likeness (QED) is 0.131. The zero-order valence-electron chi connectivity index (χ0n) is 20.2. The molecule has 0 aromatic heterocycles. The van der Waals surface area contributed by atoms with Gasteiger partial charge in [0.05, 0.1) is 11.8 Å². The monoisotopic (exact) mass is 488 g/mol. The van der Waals surface area contributed by atoms with Crippen LogP contribution in [0, 0.1) is 6.92 Å². The van der Waals surface area contributed by atoms with Crippen LogP contribution in [0.15, 0.2) is 108 Å². The van der Waals surface area contributed by atoms with Crippen LogP contribution in [0.25, 0.3) is 21.5 Å². The van der Waals surface area contributed by atoms with Gasteiger partial charge in [-0.1, -0.05) is 84.4 Å². The third-order valence-corrected chi connectivity index (χ3v) is 5.88. The molecule has 1 amide bonds. The van der Waals surface area contributed by atoms with Crippen LogP contribution in [0.3, 0.4) is 0 Å². The second-order valence-electron chi connectivity index (χ2n) is 8.52. The molecular weight excluding hydrogens is 464 g/mol. The molecule has 1 N–H and O–H groups in total. The average Bonchev–Trinajstić information content (AvgIpc) is 2.92. The maximum Gasteiger partial charge on any atom is 0.343 e. The number of amides is 1. The predicted molar refractivity (Wildman–Crippen MR) is 145 cm³/mol. The van der Waals surface area contributed by atoms with Crippen LogP contribution in [0.5, 0.6) is 11.5 Å². The van der Waals surface area contributed by atoms with E-state index in [1.54, 1.807) is 18.2 Å². The van der Waals surface area contributed by atoms with Crippen molar-refractivity contribution < 1.29 is 19.1 Å². The molecule has 0 aliphatic rings. The van der Waals surface area contributed by atoms with E-state index >= 15 is 0 Å². The first-order chi connectivity index (χ1) is 18.1. The lowest BCUT2D eigenvalue weighted by Crippen LogP contribution is -2.24. The summed E-state index contributed by atoms with van der Waals surface area (Å²) < 4.78 is 11.5. The van der Waals surface area contributed by atoms with Crippen molar-refractivity contribution in [1.82, 2.24) is 5.43 Å². The van der Waals surface area contributed by atoms with E-state index in [1.807, 2.05) is 91.9 Å². The number of ether oxygens (including phenoxy) is 2. The summed E-state index contributed by atoms with van der Waals surface area (Å²) in [6.45, 7) is 1.72. The van der Waals surface area contributed by atoms with E-state index in [2.05, 4.69) is 10.5 Å². The maximum absolute atomic E-state index is 12.8. The molecule has 6 heteroatoms. The van der Waals surface area contributed by atoms with Crippen molar-refractivity contribution >= 4 is 39.6 Å². The van der Waals surface area contributed by atoms with Crippen molar-refractivity contribution in [2.24, 2.45) is 5.10 Å². The molecule has 0 heterocycles. The topological polar surface area (TPSA) is 77.0 Å². The molecule has 0 aliphatic carbocycles. The Morgan fingerprint density at radius 2 is 1.49 bits per heavy atom. The normalized spacial score (nSPS) is 11.1. The van der Waals surface area contributed by atoms with E-state index < -0.39 is 11.9 Å². The Hall–Kier alpha value is -4.97. The van der Waals surface area contributed by atoms with E-state index in [9.17, 15) is 9.59 Å². The SMILES string of the molecule is Cc1cccc(C(=O)Oc2ccc3ccccc3c2/C=N\NC(=O)COc2cccc3ccccc23)c1. The molecule has 0 bridgehead atoms. The number of benzene rings is 5. The number of esters is 1. The first-order valence-electron chi connectivity index (χ1n) is 11.8. The zero-order valence-corrected chi connectivity index (χ0v) is 20.2. The number of nitrogens with one attached hydrogen (secondary N) is 1. The number of hydrazone groups is 1. The minimum Gasteiger partial charge on any atom is -0.483 e. The third kappa shape index (κ3) is 5.49. The Balaban J connectivity index is 1.32. The summed E-state index contributed by atoms with van der Waals surface area (Å²) >= 11 is 0. The fourth-order valence-electron chi connectivity index (χ4n) is 4.09. The lowest BCUT2D eigenvalue weighted by atomic mass is 10.0. The highest BCUT2D eigenvalue weighted by molar-refractivity contribution is 6.04. The van der Waals surface area contributed by atoms with Gasteiger partial charge in [-0.3, -0.25) is 4.79 Å². The van der Waals surface area contributed by atoms with Gasteiger partial charge in [0.1, 0.15) is 11.5 Å². The maximum atomic E-state index is 12.8. The Kier molecular flexibility index (Phi) is 6.90. The van der Waals surface area contributed by atoms with Gasteiger partial charge in [-0.15, -0.1) is 0 Å². The molecule has 0 atom stereocenters. The minimum atomic E-state index is -0.471. The van der Waals surface area contributed by atoms with Gasteiger partial charge in [-0.25, -0.2) is 10.2 Å². The number of aryl methyl sites for hydroxylation is 1. The molecule has 0 fully saturated rings. The minimum absolute atomic E-state index is 0.198. The Morgan fingerprint density at radius 3 is 2.30 bits per heavy atom. The number of hydrogen-bond acceptors (Lipinski definition) is 5. The highest BCUT2D eigenvalue weighted by Crippen LogP contribution is 2.28. The number of carbonyl (C=O) groups is 2. The van der Waals surface area contributed by atoms with E-state index in [0.717, 1.165) is 27.1 Å². The third-order valence-electron chi connectivity index (χ3n) is 5.88. The molecule has 0 unspecified atom stereocenters. The largest absolute Gasteiger partial charge is 0.483 e. The van der Waals surface area contributed by atoms with Crippen LogP contribution in [-0.2, 0) is 4.79 Å². The molecule has 0 aliphatic heterocycles. The van der Waals surface area contributed by atoms with E-state index in [-0.39, 0.29) is 6.61 Å². The van der Waals surface area contributed by atoms with Gasteiger partial charge in [-0.2, -0.15) is 5.10 Å². The van der Waals surface area contributed by atoms with E-state index in [0.29, 0.717) is 22.6 Å². The van der Waals surface area contributed by atoms with Gasteiger partial charge in [0.25, 0.3) is 5.91 Å². The van der Waals surface area contributed by atoms with Crippen LogP contribution in [0.2, 0.25) is 0 Å². The lowest BCUT2D eigenvalue weighted by Gasteiger charge is -2.11. The van der Waals surface area contributed by atoms with Gasteiger partial charge in [-0.05, 0) is 47.3 Å². The Labute approximate surface area is 214 Å². The number of hydrogen-bond donors (Lipinski definition) is 1. The number of fused-ring (bicyclic) bond motifs is 2. The first-order valence-corrected chi connectivity index (χ1v) is 11.8. The summed E-state index contributed by atoms with van der Waals surface area (Å²) in [5, 5.41) is 7.87. The van der Waals surface area contributed by atoms with Gasteiger partial charge in [0, 0.05) is 10.9 Å². The van der Waals surface area contributed by atoms with E-state index in [1.165, 1.54) is 6.21 Å². The van der Waals surface area contributed by atoms with Gasteiger partial charge in [0.2, 0.25) is 0 Å². The Bertz CT molecular complexity index is 1640. The number of nitrogens with zero attached hydrogens (tertiary/aromatic N) is 1. The van der Waals surface area contributed by atoms with Gasteiger partial charge in [0.15, 0.2) is 6.61 Å². The zero-order chi connectivity index (χ0) is 25.6.